The Morgan fingerprint density at radius 1 is 0.962 bits per heavy atom. The SMILES string of the molecule is CC(C)[C@H](N)C(=O)OC[C@H](N)C(=O)O.N[C@@H](Cc1ccccc1)C(=O)O. The summed E-state index contributed by atoms with van der Waals surface area (Å²) in [6.07, 6.45) is 0.385. The third-order valence-electron chi connectivity index (χ3n) is 3.33. The molecule has 8 N–H and O–H groups in total. The van der Waals surface area contributed by atoms with E-state index in [-0.39, 0.29) is 12.5 Å². The zero-order valence-electron chi connectivity index (χ0n) is 14.9. The molecule has 146 valence electrons. The van der Waals surface area contributed by atoms with E-state index in [1.807, 2.05) is 30.3 Å². The first-order valence-electron chi connectivity index (χ1n) is 7.99. The molecule has 0 aliphatic heterocycles. The van der Waals surface area contributed by atoms with Crippen molar-refractivity contribution in [3.8, 4) is 0 Å². The lowest BCUT2D eigenvalue weighted by Crippen LogP contribution is -2.41. The van der Waals surface area contributed by atoms with Crippen LogP contribution in [0.1, 0.15) is 19.4 Å². The van der Waals surface area contributed by atoms with Crippen LogP contribution in [0.25, 0.3) is 0 Å². The van der Waals surface area contributed by atoms with Gasteiger partial charge in [-0.25, -0.2) is 0 Å². The molecule has 0 unspecified atom stereocenters. The predicted molar refractivity (Wildman–Crippen MR) is 95.1 cm³/mol. The number of carboxylic acid groups (broad SMARTS) is 2. The van der Waals surface area contributed by atoms with Gasteiger partial charge in [0.05, 0.1) is 0 Å². The van der Waals surface area contributed by atoms with Crippen LogP contribution in [-0.4, -0.2) is 52.9 Å². The molecule has 9 heteroatoms. The minimum atomic E-state index is -1.21. The zero-order valence-corrected chi connectivity index (χ0v) is 14.9. The van der Waals surface area contributed by atoms with Crippen molar-refractivity contribution < 1.29 is 29.3 Å². The van der Waals surface area contributed by atoms with E-state index in [9.17, 15) is 14.4 Å². The van der Waals surface area contributed by atoms with E-state index in [0.29, 0.717) is 6.42 Å². The van der Waals surface area contributed by atoms with Gasteiger partial charge in [0.25, 0.3) is 0 Å². The highest BCUT2D eigenvalue weighted by atomic mass is 16.5. The summed E-state index contributed by atoms with van der Waals surface area (Å²) in [4.78, 5) is 31.8. The van der Waals surface area contributed by atoms with Crippen molar-refractivity contribution >= 4 is 17.9 Å². The van der Waals surface area contributed by atoms with Crippen LogP contribution in [0.2, 0.25) is 0 Å². The molecule has 1 aromatic rings. The summed E-state index contributed by atoms with van der Waals surface area (Å²) in [7, 11) is 0. The molecule has 1 aromatic carbocycles. The van der Waals surface area contributed by atoms with Gasteiger partial charge < -0.3 is 32.2 Å². The number of nitrogens with two attached hydrogens (primary N) is 3. The van der Waals surface area contributed by atoms with Gasteiger partial charge in [-0.1, -0.05) is 44.2 Å². The van der Waals surface area contributed by atoms with Gasteiger partial charge in [0, 0.05) is 0 Å². The Labute approximate surface area is 152 Å². The lowest BCUT2D eigenvalue weighted by atomic mass is 10.1. The molecule has 0 heterocycles. The molecule has 9 nitrogen and oxygen atoms in total. The lowest BCUT2D eigenvalue weighted by molar-refractivity contribution is -0.149. The number of carbonyl (C=O) groups is 3. The van der Waals surface area contributed by atoms with Gasteiger partial charge in [-0.05, 0) is 17.9 Å². The minimum Gasteiger partial charge on any atom is -0.480 e. The first-order chi connectivity index (χ1) is 12.1. The number of rotatable bonds is 8. The van der Waals surface area contributed by atoms with E-state index in [2.05, 4.69) is 4.74 Å². The fourth-order valence-electron chi connectivity index (χ4n) is 1.57. The summed E-state index contributed by atoms with van der Waals surface area (Å²) in [5, 5.41) is 16.9. The number of hydrogen-bond donors (Lipinski definition) is 5. The standard InChI is InChI=1S/C9H11NO2.C8H16N2O4/c10-8(9(11)12)6-7-4-2-1-3-5-7;1-4(2)6(10)8(13)14-3-5(9)7(11)12/h1-5,8H,6,10H2,(H,11,12);4-6H,3,9-10H2,1-2H3,(H,11,12)/t8-;5-,6-/m00/s1. The first kappa shape index (κ1) is 23.5. The largest absolute Gasteiger partial charge is 0.480 e. The normalized spacial score (nSPS) is 13.8. The number of aliphatic carboxylic acids is 2. The lowest BCUT2D eigenvalue weighted by Gasteiger charge is -2.15. The Morgan fingerprint density at radius 3 is 1.88 bits per heavy atom. The molecule has 0 bridgehead atoms. The van der Waals surface area contributed by atoms with E-state index in [0.717, 1.165) is 5.56 Å². The van der Waals surface area contributed by atoms with E-state index < -0.39 is 36.0 Å². The van der Waals surface area contributed by atoms with Crippen LogP contribution < -0.4 is 17.2 Å². The second kappa shape index (κ2) is 12.0. The second-order valence-electron chi connectivity index (χ2n) is 5.98. The minimum absolute atomic E-state index is 0.0523. The molecule has 0 saturated heterocycles. The Bertz CT molecular complexity index is 579. The summed E-state index contributed by atoms with van der Waals surface area (Å²) in [5.41, 5.74) is 16.9. The molecule has 26 heavy (non-hydrogen) atoms. The quantitative estimate of drug-likeness (QED) is 0.380. The summed E-state index contributed by atoms with van der Waals surface area (Å²) >= 11 is 0. The van der Waals surface area contributed by atoms with Crippen molar-refractivity contribution in [2.45, 2.75) is 38.4 Å². The van der Waals surface area contributed by atoms with Crippen molar-refractivity contribution in [2.75, 3.05) is 6.61 Å². The summed E-state index contributed by atoms with van der Waals surface area (Å²) in [6.45, 7) is 3.18. The van der Waals surface area contributed by atoms with E-state index in [1.165, 1.54) is 0 Å². The summed E-state index contributed by atoms with van der Waals surface area (Å²) in [6, 6.07) is 6.61. The van der Waals surface area contributed by atoms with Crippen molar-refractivity contribution in [3.05, 3.63) is 35.9 Å². The predicted octanol–water partition coefficient (Wildman–Crippen LogP) is -0.434. The van der Waals surface area contributed by atoms with Gasteiger partial charge in [0.15, 0.2) is 0 Å². The Balaban J connectivity index is 0.000000485. The van der Waals surface area contributed by atoms with Crippen molar-refractivity contribution in [3.63, 3.8) is 0 Å². The van der Waals surface area contributed by atoms with Gasteiger partial charge in [-0.3, -0.25) is 14.4 Å². The highest BCUT2D eigenvalue weighted by molar-refractivity contribution is 5.77. The Morgan fingerprint density at radius 2 is 1.46 bits per heavy atom. The number of esters is 1. The third kappa shape index (κ3) is 9.72. The average molecular weight is 369 g/mol. The fraction of sp³-hybridized carbons (Fsp3) is 0.471. The molecule has 0 amide bonds. The first-order valence-corrected chi connectivity index (χ1v) is 7.99. The molecular formula is C17H27N3O6. The van der Waals surface area contributed by atoms with E-state index in [1.54, 1.807) is 13.8 Å². The monoisotopic (exact) mass is 369 g/mol. The number of benzene rings is 1. The van der Waals surface area contributed by atoms with Crippen LogP contribution >= 0.6 is 0 Å². The third-order valence-corrected chi connectivity index (χ3v) is 3.33. The molecule has 0 spiro atoms. The smallest absolute Gasteiger partial charge is 0.324 e. The van der Waals surface area contributed by atoms with Crippen LogP contribution in [0, 0.1) is 5.92 Å². The van der Waals surface area contributed by atoms with Crippen LogP contribution in [0.15, 0.2) is 30.3 Å². The Kier molecular flexibility index (Phi) is 10.8. The molecule has 0 aliphatic carbocycles. The van der Waals surface area contributed by atoms with Gasteiger partial charge >= 0.3 is 17.9 Å². The van der Waals surface area contributed by atoms with Gasteiger partial charge in [-0.2, -0.15) is 0 Å². The number of hydrogen-bond acceptors (Lipinski definition) is 7. The zero-order chi connectivity index (χ0) is 20.3. The van der Waals surface area contributed by atoms with Crippen LogP contribution in [0.3, 0.4) is 0 Å². The maximum absolute atomic E-state index is 11.1. The van der Waals surface area contributed by atoms with Crippen molar-refractivity contribution in [1.29, 1.82) is 0 Å². The molecule has 1 rings (SSSR count). The number of ether oxygens (including phenoxy) is 1. The van der Waals surface area contributed by atoms with Crippen LogP contribution in [0.4, 0.5) is 0 Å². The van der Waals surface area contributed by atoms with Crippen molar-refractivity contribution in [1.82, 2.24) is 0 Å². The number of carbonyl (C=O) groups excluding carboxylic acids is 1. The van der Waals surface area contributed by atoms with Crippen LogP contribution in [0.5, 0.6) is 0 Å². The van der Waals surface area contributed by atoms with Gasteiger partial charge in [-0.15, -0.1) is 0 Å². The average Bonchev–Trinajstić information content (AvgIpc) is 2.59. The molecule has 0 aliphatic rings. The van der Waals surface area contributed by atoms with Gasteiger partial charge in [0.1, 0.15) is 24.7 Å². The summed E-state index contributed by atoms with van der Waals surface area (Å²) in [5.74, 6) is -2.85. The molecule has 3 atom stereocenters. The maximum atomic E-state index is 11.1. The molecule has 0 fully saturated rings. The molecule has 0 saturated carbocycles. The second-order valence-corrected chi connectivity index (χ2v) is 5.98. The highest BCUT2D eigenvalue weighted by Crippen LogP contribution is 2.01. The maximum Gasteiger partial charge on any atom is 0.324 e. The summed E-state index contributed by atoms with van der Waals surface area (Å²) < 4.78 is 4.62. The topological polar surface area (TPSA) is 179 Å². The molecule has 0 aromatic heterocycles. The van der Waals surface area contributed by atoms with E-state index >= 15 is 0 Å². The highest BCUT2D eigenvalue weighted by Gasteiger charge is 2.21. The number of carboxylic acids is 2. The Hall–Kier alpha value is -2.49. The molecule has 0 radical (unpaired) electrons. The molecular weight excluding hydrogens is 342 g/mol. The van der Waals surface area contributed by atoms with Gasteiger partial charge in [0.2, 0.25) is 0 Å². The van der Waals surface area contributed by atoms with Crippen LogP contribution in [-0.2, 0) is 25.5 Å². The van der Waals surface area contributed by atoms with Crippen molar-refractivity contribution in [2.24, 2.45) is 23.1 Å². The van der Waals surface area contributed by atoms with E-state index in [4.69, 9.17) is 27.4 Å². The fourth-order valence-corrected chi connectivity index (χ4v) is 1.57.